The number of aromatic nitrogens is 1. The van der Waals surface area contributed by atoms with Crippen molar-refractivity contribution in [2.24, 2.45) is 5.41 Å². The summed E-state index contributed by atoms with van der Waals surface area (Å²) in [5, 5.41) is 11.4. The molecule has 0 aliphatic rings. The standard InChI is InChI=1S/C11H16FNO/c1-8(11(2,3)4)10-9(12)6-5-7-13(10)14/h5-8H,1-4H3/t8-/m1/s1. The molecule has 1 aromatic heterocycles. The minimum Gasteiger partial charge on any atom is -0.618 e. The molecule has 0 spiro atoms. The normalized spacial score (nSPS) is 14.1. The Morgan fingerprint density at radius 3 is 2.43 bits per heavy atom. The number of halogens is 1. The molecule has 3 heteroatoms. The van der Waals surface area contributed by atoms with Gasteiger partial charge in [0, 0.05) is 6.07 Å². The van der Waals surface area contributed by atoms with Gasteiger partial charge in [-0.15, -0.1) is 0 Å². The summed E-state index contributed by atoms with van der Waals surface area (Å²) in [6.45, 7) is 7.84. The number of rotatable bonds is 1. The van der Waals surface area contributed by atoms with Crippen LogP contribution in [0.1, 0.15) is 39.3 Å². The van der Waals surface area contributed by atoms with E-state index in [4.69, 9.17) is 0 Å². The van der Waals surface area contributed by atoms with E-state index < -0.39 is 5.82 Å². The zero-order valence-electron chi connectivity index (χ0n) is 9.04. The zero-order chi connectivity index (χ0) is 10.9. The molecule has 14 heavy (non-hydrogen) atoms. The highest BCUT2D eigenvalue weighted by Crippen LogP contribution is 2.33. The lowest BCUT2D eigenvalue weighted by atomic mass is 9.80. The van der Waals surface area contributed by atoms with Gasteiger partial charge in [-0.2, -0.15) is 9.12 Å². The van der Waals surface area contributed by atoms with Gasteiger partial charge in [-0.3, -0.25) is 0 Å². The molecule has 0 aliphatic heterocycles. The number of hydrogen-bond donors (Lipinski definition) is 0. The number of pyridine rings is 1. The third-order valence-corrected chi connectivity index (χ3v) is 2.66. The molecule has 0 saturated heterocycles. The first-order valence-corrected chi connectivity index (χ1v) is 4.71. The van der Waals surface area contributed by atoms with Crippen molar-refractivity contribution in [2.75, 3.05) is 0 Å². The second kappa shape index (κ2) is 3.56. The van der Waals surface area contributed by atoms with Gasteiger partial charge in [-0.1, -0.05) is 27.7 Å². The van der Waals surface area contributed by atoms with Gasteiger partial charge in [-0.25, -0.2) is 0 Å². The second-order valence-corrected chi connectivity index (χ2v) is 4.65. The summed E-state index contributed by atoms with van der Waals surface area (Å²) < 4.78 is 14.0. The first-order chi connectivity index (χ1) is 6.34. The van der Waals surface area contributed by atoms with Crippen LogP contribution in [0.2, 0.25) is 0 Å². The van der Waals surface area contributed by atoms with Gasteiger partial charge >= 0.3 is 0 Å². The molecule has 0 amide bonds. The average Bonchev–Trinajstić information content (AvgIpc) is 2.01. The van der Waals surface area contributed by atoms with Gasteiger partial charge in [0.2, 0.25) is 5.69 Å². The summed E-state index contributed by atoms with van der Waals surface area (Å²) in [6, 6.07) is 2.74. The first-order valence-electron chi connectivity index (χ1n) is 4.71. The summed E-state index contributed by atoms with van der Waals surface area (Å²) in [5.74, 6) is -0.536. The molecule has 0 bridgehead atoms. The number of hydrogen-bond acceptors (Lipinski definition) is 1. The second-order valence-electron chi connectivity index (χ2n) is 4.65. The summed E-state index contributed by atoms with van der Waals surface area (Å²) in [7, 11) is 0. The van der Waals surface area contributed by atoms with Crippen molar-refractivity contribution in [2.45, 2.75) is 33.6 Å². The fourth-order valence-corrected chi connectivity index (χ4v) is 1.28. The summed E-state index contributed by atoms with van der Waals surface area (Å²) in [5.41, 5.74) is 0.106. The van der Waals surface area contributed by atoms with Crippen molar-refractivity contribution in [3.05, 3.63) is 35.0 Å². The highest BCUT2D eigenvalue weighted by Gasteiger charge is 2.30. The summed E-state index contributed by atoms with van der Waals surface area (Å²) >= 11 is 0. The van der Waals surface area contributed by atoms with Crippen LogP contribution in [0.5, 0.6) is 0 Å². The van der Waals surface area contributed by atoms with Crippen LogP contribution in [0, 0.1) is 16.4 Å². The lowest BCUT2D eigenvalue weighted by molar-refractivity contribution is -0.618. The van der Waals surface area contributed by atoms with Gasteiger partial charge in [-0.05, 0) is 11.5 Å². The Hall–Kier alpha value is -1.12. The highest BCUT2D eigenvalue weighted by atomic mass is 19.1. The van der Waals surface area contributed by atoms with Crippen LogP contribution in [-0.2, 0) is 0 Å². The molecule has 1 rings (SSSR count). The smallest absolute Gasteiger partial charge is 0.231 e. The van der Waals surface area contributed by atoms with E-state index in [1.807, 2.05) is 27.7 Å². The van der Waals surface area contributed by atoms with Crippen LogP contribution < -0.4 is 4.73 Å². The fraction of sp³-hybridized carbons (Fsp3) is 0.545. The maximum absolute atomic E-state index is 13.4. The summed E-state index contributed by atoms with van der Waals surface area (Å²) in [6.07, 6.45) is 1.33. The SMILES string of the molecule is C[C@H](c1c(F)ccc[n+]1[O-])C(C)(C)C. The Labute approximate surface area is 84.0 Å². The Balaban J connectivity index is 3.19. The number of nitrogens with zero attached hydrogens (tertiary/aromatic N) is 1. The average molecular weight is 197 g/mol. The van der Waals surface area contributed by atoms with E-state index in [1.54, 1.807) is 0 Å². The zero-order valence-corrected chi connectivity index (χ0v) is 9.04. The molecule has 1 atom stereocenters. The molecule has 0 aliphatic carbocycles. The van der Waals surface area contributed by atoms with Gasteiger partial charge in [0.15, 0.2) is 12.0 Å². The molecule has 0 radical (unpaired) electrons. The Morgan fingerprint density at radius 1 is 1.43 bits per heavy atom. The molecular formula is C11H16FNO. The van der Waals surface area contributed by atoms with E-state index in [2.05, 4.69) is 0 Å². The monoisotopic (exact) mass is 197 g/mol. The van der Waals surface area contributed by atoms with E-state index in [1.165, 1.54) is 18.3 Å². The molecule has 0 unspecified atom stereocenters. The van der Waals surface area contributed by atoms with Crippen molar-refractivity contribution < 1.29 is 9.12 Å². The molecule has 2 nitrogen and oxygen atoms in total. The van der Waals surface area contributed by atoms with Crippen LogP contribution in [0.4, 0.5) is 4.39 Å². The maximum Gasteiger partial charge on any atom is 0.231 e. The highest BCUT2D eigenvalue weighted by molar-refractivity contribution is 5.09. The lowest BCUT2D eigenvalue weighted by Crippen LogP contribution is -2.37. The molecule has 0 saturated carbocycles. The Bertz CT molecular complexity index is 310. The maximum atomic E-state index is 13.4. The third kappa shape index (κ3) is 2.03. The third-order valence-electron chi connectivity index (χ3n) is 2.66. The predicted octanol–water partition coefficient (Wildman–Crippen LogP) is 2.61. The fourth-order valence-electron chi connectivity index (χ4n) is 1.28. The van der Waals surface area contributed by atoms with E-state index in [0.29, 0.717) is 4.73 Å². The van der Waals surface area contributed by atoms with Crippen LogP contribution in [0.15, 0.2) is 18.3 Å². The van der Waals surface area contributed by atoms with E-state index in [-0.39, 0.29) is 17.0 Å². The minimum absolute atomic E-state index is 0.110. The van der Waals surface area contributed by atoms with Crippen molar-refractivity contribution >= 4 is 0 Å². The molecule has 0 aromatic carbocycles. The molecule has 0 fully saturated rings. The minimum atomic E-state index is -0.426. The largest absolute Gasteiger partial charge is 0.618 e. The van der Waals surface area contributed by atoms with E-state index in [0.717, 1.165) is 0 Å². The first kappa shape index (κ1) is 11.0. The molecule has 0 N–H and O–H groups in total. The van der Waals surface area contributed by atoms with Crippen LogP contribution in [-0.4, -0.2) is 0 Å². The molecule has 1 aromatic rings. The molecule has 78 valence electrons. The Morgan fingerprint density at radius 2 is 2.00 bits per heavy atom. The van der Waals surface area contributed by atoms with Gasteiger partial charge < -0.3 is 5.21 Å². The molecule has 1 heterocycles. The van der Waals surface area contributed by atoms with Crippen molar-refractivity contribution in [3.8, 4) is 0 Å². The van der Waals surface area contributed by atoms with Crippen molar-refractivity contribution in [3.63, 3.8) is 0 Å². The summed E-state index contributed by atoms with van der Waals surface area (Å²) in [4.78, 5) is 0. The van der Waals surface area contributed by atoms with Crippen LogP contribution in [0.25, 0.3) is 0 Å². The van der Waals surface area contributed by atoms with Crippen LogP contribution in [0.3, 0.4) is 0 Å². The van der Waals surface area contributed by atoms with Crippen LogP contribution >= 0.6 is 0 Å². The van der Waals surface area contributed by atoms with Gasteiger partial charge in [0.25, 0.3) is 0 Å². The molecular weight excluding hydrogens is 181 g/mol. The quantitative estimate of drug-likeness (QED) is 0.502. The van der Waals surface area contributed by atoms with E-state index >= 15 is 0 Å². The lowest BCUT2D eigenvalue weighted by Gasteiger charge is -2.25. The van der Waals surface area contributed by atoms with Gasteiger partial charge in [0.05, 0.1) is 5.92 Å². The van der Waals surface area contributed by atoms with E-state index in [9.17, 15) is 9.60 Å². The van der Waals surface area contributed by atoms with Gasteiger partial charge in [0.1, 0.15) is 0 Å². The predicted molar refractivity (Wildman–Crippen MR) is 53.2 cm³/mol. The van der Waals surface area contributed by atoms with Crippen molar-refractivity contribution in [1.82, 2.24) is 0 Å². The Kier molecular flexibility index (Phi) is 2.79. The topological polar surface area (TPSA) is 26.9 Å². The van der Waals surface area contributed by atoms with Crippen molar-refractivity contribution in [1.29, 1.82) is 0 Å².